The lowest BCUT2D eigenvalue weighted by molar-refractivity contribution is 0.0786. The van der Waals surface area contributed by atoms with Gasteiger partial charge in [0.1, 0.15) is 5.76 Å². The van der Waals surface area contributed by atoms with E-state index in [0.717, 1.165) is 17.0 Å². The van der Waals surface area contributed by atoms with Gasteiger partial charge in [-0.05, 0) is 33.8 Å². The molecule has 23 heavy (non-hydrogen) atoms. The molecule has 3 heterocycles. The van der Waals surface area contributed by atoms with Gasteiger partial charge >= 0.3 is 0 Å². The van der Waals surface area contributed by atoms with Gasteiger partial charge < -0.3 is 13.9 Å². The van der Waals surface area contributed by atoms with Crippen molar-refractivity contribution in [2.24, 2.45) is 0 Å². The minimum absolute atomic E-state index is 0.119. The quantitative estimate of drug-likeness (QED) is 0.739. The van der Waals surface area contributed by atoms with E-state index in [1.54, 1.807) is 24.9 Å². The highest BCUT2D eigenvalue weighted by molar-refractivity contribution is 6.05. The Morgan fingerprint density at radius 3 is 2.48 bits per heavy atom. The predicted molar refractivity (Wildman–Crippen MR) is 83.1 cm³/mol. The van der Waals surface area contributed by atoms with Crippen LogP contribution in [0.4, 0.5) is 0 Å². The van der Waals surface area contributed by atoms with Crippen molar-refractivity contribution in [3.8, 4) is 0 Å². The molecule has 3 aromatic heterocycles. The molecule has 0 spiro atoms. The van der Waals surface area contributed by atoms with E-state index in [4.69, 9.17) is 9.05 Å². The number of hydrogen-bond acceptors (Lipinski definition) is 6. The Morgan fingerprint density at radius 1 is 1.13 bits per heavy atom. The first-order valence-electron chi connectivity index (χ1n) is 7.29. The van der Waals surface area contributed by atoms with E-state index in [0.29, 0.717) is 34.6 Å². The molecule has 1 amide bonds. The van der Waals surface area contributed by atoms with Crippen LogP contribution in [-0.4, -0.2) is 33.2 Å². The molecule has 0 aliphatic carbocycles. The maximum atomic E-state index is 12.9. The van der Waals surface area contributed by atoms with Gasteiger partial charge in [0.15, 0.2) is 0 Å². The van der Waals surface area contributed by atoms with Gasteiger partial charge in [-0.15, -0.1) is 0 Å². The minimum Gasteiger partial charge on any atom is -0.361 e. The summed E-state index contributed by atoms with van der Waals surface area (Å²) in [6, 6.07) is 1.76. The standard InChI is InChI=1S/C16H18N4O3/c1-8-6-12(14-10(3)19-23-15(14)17-8)16(21)20(5)7-13-9(2)18-22-11(13)4/h6H,7H2,1-5H3. The molecule has 7 heteroatoms. The van der Waals surface area contributed by atoms with Gasteiger partial charge in [-0.2, -0.15) is 0 Å². The third-order valence-corrected chi connectivity index (χ3v) is 3.90. The maximum Gasteiger partial charge on any atom is 0.258 e. The Hall–Kier alpha value is -2.70. The molecule has 0 aliphatic heterocycles. The van der Waals surface area contributed by atoms with E-state index in [-0.39, 0.29) is 5.91 Å². The van der Waals surface area contributed by atoms with E-state index < -0.39 is 0 Å². The van der Waals surface area contributed by atoms with E-state index >= 15 is 0 Å². The molecule has 0 aromatic carbocycles. The molecule has 0 saturated heterocycles. The Kier molecular flexibility index (Phi) is 3.63. The number of pyridine rings is 1. The van der Waals surface area contributed by atoms with E-state index in [2.05, 4.69) is 15.3 Å². The second-order valence-electron chi connectivity index (χ2n) is 5.72. The average molecular weight is 314 g/mol. The summed E-state index contributed by atoms with van der Waals surface area (Å²) >= 11 is 0. The maximum absolute atomic E-state index is 12.9. The van der Waals surface area contributed by atoms with Crippen LogP contribution in [0.5, 0.6) is 0 Å². The van der Waals surface area contributed by atoms with Gasteiger partial charge in [-0.1, -0.05) is 10.3 Å². The summed E-state index contributed by atoms with van der Waals surface area (Å²) in [7, 11) is 1.75. The summed E-state index contributed by atoms with van der Waals surface area (Å²) < 4.78 is 10.3. The largest absolute Gasteiger partial charge is 0.361 e. The lowest BCUT2D eigenvalue weighted by Crippen LogP contribution is -2.27. The van der Waals surface area contributed by atoms with Crippen LogP contribution < -0.4 is 0 Å². The zero-order chi connectivity index (χ0) is 16.7. The number of nitrogens with zero attached hydrogens (tertiary/aromatic N) is 4. The van der Waals surface area contributed by atoms with Crippen LogP contribution in [0.1, 0.15) is 38.8 Å². The van der Waals surface area contributed by atoms with Crippen LogP contribution in [0.15, 0.2) is 15.1 Å². The first-order chi connectivity index (χ1) is 10.9. The number of aromatic nitrogens is 3. The Labute approximate surface area is 133 Å². The monoisotopic (exact) mass is 314 g/mol. The molecule has 0 fully saturated rings. The van der Waals surface area contributed by atoms with Crippen molar-refractivity contribution in [1.82, 2.24) is 20.2 Å². The zero-order valence-corrected chi connectivity index (χ0v) is 13.8. The van der Waals surface area contributed by atoms with Crippen molar-refractivity contribution in [3.63, 3.8) is 0 Å². The summed E-state index contributed by atoms with van der Waals surface area (Å²) in [6.45, 7) is 7.75. The molecule has 7 nitrogen and oxygen atoms in total. The molecule has 0 atom stereocenters. The SMILES string of the molecule is Cc1cc(C(=O)N(C)Cc2c(C)noc2C)c2c(C)noc2n1. The highest BCUT2D eigenvalue weighted by Crippen LogP contribution is 2.24. The highest BCUT2D eigenvalue weighted by Gasteiger charge is 2.22. The molecule has 0 bridgehead atoms. The van der Waals surface area contributed by atoms with Crippen LogP contribution in [0.3, 0.4) is 0 Å². The van der Waals surface area contributed by atoms with Gasteiger partial charge in [0, 0.05) is 18.3 Å². The fourth-order valence-corrected chi connectivity index (χ4v) is 2.63. The second kappa shape index (κ2) is 5.49. The summed E-state index contributed by atoms with van der Waals surface area (Å²) in [6.07, 6.45) is 0. The molecular weight excluding hydrogens is 296 g/mol. The molecular formula is C16H18N4O3. The van der Waals surface area contributed by atoms with Crippen LogP contribution in [0.2, 0.25) is 0 Å². The van der Waals surface area contributed by atoms with Crippen LogP contribution in [-0.2, 0) is 6.54 Å². The van der Waals surface area contributed by atoms with Gasteiger partial charge in [-0.3, -0.25) is 4.79 Å². The average Bonchev–Trinajstić information content (AvgIpc) is 3.03. The van der Waals surface area contributed by atoms with E-state index in [9.17, 15) is 4.79 Å². The normalized spacial score (nSPS) is 11.2. The number of carbonyl (C=O) groups is 1. The van der Waals surface area contributed by atoms with Crippen molar-refractivity contribution < 1.29 is 13.8 Å². The number of fused-ring (bicyclic) bond motifs is 1. The smallest absolute Gasteiger partial charge is 0.258 e. The summed E-state index contributed by atoms with van der Waals surface area (Å²) in [5.74, 6) is 0.603. The van der Waals surface area contributed by atoms with Crippen LogP contribution >= 0.6 is 0 Å². The first-order valence-corrected chi connectivity index (χ1v) is 7.29. The van der Waals surface area contributed by atoms with Crippen LogP contribution in [0, 0.1) is 27.7 Å². The third-order valence-electron chi connectivity index (χ3n) is 3.90. The molecule has 0 aliphatic rings. The Balaban J connectivity index is 1.98. The van der Waals surface area contributed by atoms with Gasteiger partial charge in [0.25, 0.3) is 11.6 Å². The van der Waals surface area contributed by atoms with Crippen LogP contribution in [0.25, 0.3) is 11.1 Å². The summed E-state index contributed by atoms with van der Waals surface area (Å²) in [5.41, 5.74) is 4.01. The lowest BCUT2D eigenvalue weighted by atomic mass is 10.1. The molecule has 0 unspecified atom stereocenters. The Bertz CT molecular complexity index is 875. The van der Waals surface area contributed by atoms with Crippen molar-refractivity contribution >= 4 is 17.0 Å². The summed E-state index contributed by atoms with van der Waals surface area (Å²) in [4.78, 5) is 18.8. The third kappa shape index (κ3) is 2.58. The lowest BCUT2D eigenvalue weighted by Gasteiger charge is -2.17. The predicted octanol–water partition coefficient (Wildman–Crippen LogP) is 2.72. The van der Waals surface area contributed by atoms with Gasteiger partial charge in [0.05, 0.1) is 28.9 Å². The first kappa shape index (κ1) is 15.2. The van der Waals surface area contributed by atoms with E-state index in [1.807, 2.05) is 20.8 Å². The van der Waals surface area contributed by atoms with E-state index in [1.165, 1.54) is 0 Å². The minimum atomic E-state index is -0.119. The molecule has 0 N–H and O–H groups in total. The molecule has 0 saturated carbocycles. The fourth-order valence-electron chi connectivity index (χ4n) is 2.63. The van der Waals surface area contributed by atoms with Crippen molar-refractivity contribution in [2.75, 3.05) is 7.05 Å². The molecule has 3 aromatic rings. The summed E-state index contributed by atoms with van der Waals surface area (Å²) in [5, 5.41) is 8.49. The molecule has 3 rings (SSSR count). The molecule has 0 radical (unpaired) electrons. The number of aryl methyl sites for hydroxylation is 4. The van der Waals surface area contributed by atoms with Crippen molar-refractivity contribution in [2.45, 2.75) is 34.2 Å². The number of amides is 1. The second-order valence-corrected chi connectivity index (χ2v) is 5.72. The number of hydrogen-bond donors (Lipinski definition) is 0. The van der Waals surface area contributed by atoms with Gasteiger partial charge in [-0.25, -0.2) is 4.98 Å². The fraction of sp³-hybridized carbons (Fsp3) is 0.375. The zero-order valence-electron chi connectivity index (χ0n) is 13.8. The van der Waals surface area contributed by atoms with Crippen molar-refractivity contribution in [1.29, 1.82) is 0 Å². The topological polar surface area (TPSA) is 85.3 Å². The van der Waals surface area contributed by atoms with Crippen molar-refractivity contribution in [3.05, 3.63) is 40.0 Å². The Morgan fingerprint density at radius 2 is 1.83 bits per heavy atom. The number of rotatable bonds is 3. The number of carbonyl (C=O) groups excluding carboxylic acids is 1. The highest BCUT2D eigenvalue weighted by atomic mass is 16.5. The van der Waals surface area contributed by atoms with Gasteiger partial charge in [0.2, 0.25) is 0 Å². The molecule has 120 valence electrons.